The first-order valence-corrected chi connectivity index (χ1v) is 13.8. The molecule has 0 radical (unpaired) electrons. The van der Waals surface area contributed by atoms with Crippen molar-refractivity contribution in [3.05, 3.63) is 24.3 Å². The average Bonchev–Trinajstić information content (AvgIpc) is 2.58. The fourth-order valence-corrected chi connectivity index (χ4v) is 8.45. The average molecular weight is 493 g/mol. The Balaban J connectivity index is 3.58. The molecule has 1 aromatic carbocycles. The fourth-order valence-electron chi connectivity index (χ4n) is 2.80. The molecule has 11 heteroatoms. The number of nitrogens with one attached hydrogen (secondary N) is 1. The van der Waals surface area contributed by atoms with Crippen LogP contribution in [0.4, 0.5) is 5.69 Å². The number of carbonyl (C=O) groups excluding carboxylic acids is 1. The summed E-state index contributed by atoms with van der Waals surface area (Å²) in [6.45, 7) is 13.2. The highest BCUT2D eigenvalue weighted by Crippen LogP contribution is 2.72. The van der Waals surface area contributed by atoms with Crippen LogP contribution in [0.3, 0.4) is 0 Å². The van der Waals surface area contributed by atoms with Crippen LogP contribution < -0.4 is 10.1 Å². The quantitative estimate of drug-likeness (QED) is 0.331. The molecule has 0 aromatic heterocycles. The van der Waals surface area contributed by atoms with Gasteiger partial charge in [-0.15, -0.1) is 0 Å². The Morgan fingerprint density at radius 2 is 1.06 bits per heavy atom. The van der Waals surface area contributed by atoms with Crippen LogP contribution >= 0.6 is 15.2 Å². The third-order valence-corrected chi connectivity index (χ3v) is 9.85. The Morgan fingerprint density at radius 3 is 1.34 bits per heavy atom. The van der Waals surface area contributed by atoms with Crippen LogP contribution in [0.1, 0.15) is 55.4 Å². The van der Waals surface area contributed by atoms with E-state index in [9.17, 15) is 13.9 Å². The van der Waals surface area contributed by atoms with Crippen LogP contribution in [0.15, 0.2) is 24.3 Å². The highest BCUT2D eigenvalue weighted by molar-refractivity contribution is 7.74. The van der Waals surface area contributed by atoms with Crippen LogP contribution in [0, 0.1) is 0 Å². The zero-order valence-corrected chi connectivity index (χ0v) is 22.1. The smallest absolute Gasteiger partial charge is 0.355 e. The van der Waals surface area contributed by atoms with E-state index in [1.165, 1.54) is 7.11 Å². The molecular formula is C21H37NO8P2. The molecule has 0 aliphatic carbocycles. The van der Waals surface area contributed by atoms with Gasteiger partial charge in [0.05, 0.1) is 31.5 Å². The summed E-state index contributed by atoms with van der Waals surface area (Å²) in [6.07, 6.45) is -2.32. The summed E-state index contributed by atoms with van der Waals surface area (Å²) >= 11 is 0. The molecule has 0 unspecified atom stereocenters. The number of carbonyl (C=O) groups is 1. The van der Waals surface area contributed by atoms with E-state index in [0.717, 1.165) is 0 Å². The molecule has 0 saturated carbocycles. The number of rotatable bonds is 13. The first-order chi connectivity index (χ1) is 14.7. The van der Waals surface area contributed by atoms with Crippen molar-refractivity contribution >= 4 is 26.8 Å². The van der Waals surface area contributed by atoms with Crippen LogP contribution in [0.2, 0.25) is 0 Å². The van der Waals surface area contributed by atoms with E-state index in [2.05, 4.69) is 5.32 Å². The Morgan fingerprint density at radius 1 is 0.719 bits per heavy atom. The SMILES string of the molecule is COc1ccc(NC(=O)C(P(=O)(OC(C)C)OC(C)C)P(=O)(OC(C)C)OC(C)C)cc1. The van der Waals surface area contributed by atoms with Crippen molar-refractivity contribution in [3.8, 4) is 5.75 Å². The molecule has 0 bridgehead atoms. The van der Waals surface area contributed by atoms with Crippen LogP contribution in [-0.2, 0) is 32.0 Å². The van der Waals surface area contributed by atoms with Crippen molar-refractivity contribution in [2.24, 2.45) is 0 Å². The maximum absolute atomic E-state index is 14.0. The monoisotopic (exact) mass is 493 g/mol. The van der Waals surface area contributed by atoms with Gasteiger partial charge in [-0.3, -0.25) is 13.9 Å². The van der Waals surface area contributed by atoms with Crippen molar-refractivity contribution in [3.63, 3.8) is 0 Å². The summed E-state index contributed by atoms with van der Waals surface area (Å²) in [6, 6.07) is 6.49. The van der Waals surface area contributed by atoms with Gasteiger partial charge in [0.1, 0.15) is 5.75 Å². The number of hydrogen-bond donors (Lipinski definition) is 1. The van der Waals surface area contributed by atoms with Gasteiger partial charge < -0.3 is 28.1 Å². The van der Waals surface area contributed by atoms with Crippen LogP contribution in [0.5, 0.6) is 5.75 Å². The second kappa shape index (κ2) is 12.3. The molecule has 1 amide bonds. The van der Waals surface area contributed by atoms with Crippen molar-refractivity contribution in [2.45, 2.75) is 85.2 Å². The predicted molar refractivity (Wildman–Crippen MR) is 126 cm³/mol. The third-order valence-electron chi connectivity index (χ3n) is 3.62. The first-order valence-electron chi connectivity index (χ1n) is 10.6. The molecule has 1 aromatic rings. The summed E-state index contributed by atoms with van der Waals surface area (Å²) in [5, 5.41) is 0.798. The molecule has 0 fully saturated rings. The van der Waals surface area contributed by atoms with Crippen molar-refractivity contribution in [1.82, 2.24) is 0 Å². The summed E-state index contributed by atoms with van der Waals surface area (Å²) in [4.78, 5) is 13.5. The summed E-state index contributed by atoms with van der Waals surface area (Å²) in [7, 11) is -7.14. The fraction of sp³-hybridized carbons (Fsp3) is 0.667. The summed E-state index contributed by atoms with van der Waals surface area (Å²) in [5.41, 5.74) is 0.377. The molecule has 0 saturated heterocycles. The second-order valence-electron chi connectivity index (χ2n) is 8.29. The van der Waals surface area contributed by atoms with Gasteiger partial charge in [-0.1, -0.05) is 0 Å². The number of benzene rings is 1. The van der Waals surface area contributed by atoms with E-state index in [-0.39, 0.29) is 0 Å². The molecule has 32 heavy (non-hydrogen) atoms. The van der Waals surface area contributed by atoms with E-state index in [1.54, 1.807) is 79.7 Å². The number of hydrogen-bond acceptors (Lipinski definition) is 8. The molecule has 0 spiro atoms. The van der Waals surface area contributed by atoms with Crippen molar-refractivity contribution in [1.29, 1.82) is 0 Å². The predicted octanol–water partition coefficient (Wildman–Crippen LogP) is 6.05. The second-order valence-corrected chi connectivity index (χ2v) is 12.7. The molecule has 0 atom stereocenters. The molecular weight excluding hydrogens is 456 g/mol. The first kappa shape index (κ1) is 28.8. The lowest BCUT2D eigenvalue weighted by Crippen LogP contribution is -2.33. The Labute approximate surface area is 191 Å². The lowest BCUT2D eigenvalue weighted by molar-refractivity contribution is -0.115. The number of anilines is 1. The van der Waals surface area contributed by atoms with Crippen LogP contribution in [0.25, 0.3) is 0 Å². The van der Waals surface area contributed by atoms with Gasteiger partial charge in [-0.2, -0.15) is 0 Å². The summed E-state index contributed by atoms with van der Waals surface area (Å²) in [5.74, 6) is -0.266. The van der Waals surface area contributed by atoms with E-state index >= 15 is 0 Å². The van der Waals surface area contributed by atoms with E-state index in [4.69, 9.17) is 22.8 Å². The number of amides is 1. The number of ether oxygens (including phenoxy) is 1. The standard InChI is InChI=1S/C21H37NO8P2/c1-14(2)27-31(24,28-15(3)4)21(32(25,29-16(5)6)30-17(7)8)20(23)22-18-10-12-19(26-9)13-11-18/h10-17,21H,1-9H3,(H,22,23). The van der Waals surface area contributed by atoms with Crippen molar-refractivity contribution in [2.75, 3.05) is 12.4 Å². The zero-order chi connectivity index (χ0) is 24.7. The molecule has 0 aliphatic rings. The van der Waals surface area contributed by atoms with Gasteiger partial charge in [-0.25, -0.2) is 0 Å². The highest BCUT2D eigenvalue weighted by Gasteiger charge is 2.57. The molecule has 1 rings (SSSR count). The van der Waals surface area contributed by atoms with Gasteiger partial charge in [-0.05, 0) is 79.7 Å². The minimum atomic E-state index is -4.33. The normalized spacial score (nSPS) is 12.9. The highest BCUT2D eigenvalue weighted by atomic mass is 31.2. The summed E-state index contributed by atoms with van der Waals surface area (Å²) < 4.78 is 55.7. The van der Waals surface area contributed by atoms with E-state index in [0.29, 0.717) is 11.4 Å². The van der Waals surface area contributed by atoms with Gasteiger partial charge in [0.2, 0.25) is 5.40 Å². The molecule has 0 aliphatic heterocycles. The molecule has 184 valence electrons. The minimum Gasteiger partial charge on any atom is -0.497 e. The number of methoxy groups -OCH3 is 1. The van der Waals surface area contributed by atoms with E-state index < -0.39 is 50.9 Å². The zero-order valence-electron chi connectivity index (χ0n) is 20.4. The maximum atomic E-state index is 14.0. The Bertz CT molecular complexity index is 758. The minimum absolute atomic E-state index is 0.377. The van der Waals surface area contributed by atoms with E-state index in [1.807, 2.05) is 0 Å². The van der Waals surface area contributed by atoms with Crippen molar-refractivity contribution < 1.29 is 36.8 Å². The van der Waals surface area contributed by atoms with Crippen LogP contribution in [-0.4, -0.2) is 42.8 Å². The largest absolute Gasteiger partial charge is 0.497 e. The van der Waals surface area contributed by atoms with Gasteiger partial charge >= 0.3 is 15.2 Å². The van der Waals surface area contributed by atoms with Gasteiger partial charge in [0, 0.05) is 5.69 Å². The van der Waals surface area contributed by atoms with Gasteiger partial charge in [0.25, 0.3) is 5.91 Å². The topological polar surface area (TPSA) is 109 Å². The third kappa shape index (κ3) is 8.62. The molecule has 1 N–H and O–H groups in total. The Kier molecular flexibility index (Phi) is 11.1. The lowest BCUT2D eigenvalue weighted by atomic mass is 10.3. The Hall–Kier alpha value is -1.21. The van der Waals surface area contributed by atoms with Gasteiger partial charge in [0.15, 0.2) is 0 Å². The molecule has 9 nitrogen and oxygen atoms in total. The maximum Gasteiger partial charge on any atom is 0.355 e. The lowest BCUT2D eigenvalue weighted by Gasteiger charge is -2.34. The molecule has 0 heterocycles.